The van der Waals surface area contributed by atoms with Gasteiger partial charge in [-0.25, -0.2) is 4.79 Å². The number of esters is 1. The van der Waals surface area contributed by atoms with Gasteiger partial charge in [-0.1, -0.05) is 43.2 Å². The highest BCUT2D eigenvalue weighted by Crippen LogP contribution is 2.39. The van der Waals surface area contributed by atoms with Crippen LogP contribution in [0.1, 0.15) is 41.6 Å². The molecule has 2 aromatic rings. The zero-order valence-corrected chi connectivity index (χ0v) is 11.8. The lowest BCUT2D eigenvalue weighted by Gasteiger charge is -2.23. The van der Waals surface area contributed by atoms with Crippen LogP contribution < -0.4 is 4.74 Å². The largest absolute Gasteiger partial charge is 0.423 e. The van der Waals surface area contributed by atoms with Crippen LogP contribution in [0.5, 0.6) is 5.75 Å². The van der Waals surface area contributed by atoms with Gasteiger partial charge >= 0.3 is 5.97 Å². The molecule has 108 valence electrons. The highest BCUT2D eigenvalue weighted by atomic mass is 16.5. The summed E-state index contributed by atoms with van der Waals surface area (Å²) in [6, 6.07) is 16.1. The summed E-state index contributed by atoms with van der Waals surface area (Å²) in [6.07, 6.45) is 3.60. The van der Waals surface area contributed by atoms with Crippen LogP contribution in [0.25, 0.3) is 0 Å². The van der Waals surface area contributed by atoms with Gasteiger partial charge in [0.1, 0.15) is 5.75 Å². The summed E-state index contributed by atoms with van der Waals surface area (Å²) < 4.78 is 5.40. The molecule has 0 amide bonds. The molecule has 3 rings (SSSR count). The molecule has 2 aromatic carbocycles. The maximum absolute atomic E-state index is 12.0. The molecular formula is C18H18O3. The third-order valence-electron chi connectivity index (χ3n) is 4.02. The molecule has 0 saturated heterocycles. The minimum Gasteiger partial charge on any atom is -0.423 e. The second-order valence-electron chi connectivity index (χ2n) is 5.52. The Kier molecular flexibility index (Phi) is 3.76. The number of hydrogen-bond donors (Lipinski definition) is 1. The molecule has 3 nitrogen and oxygen atoms in total. The molecule has 21 heavy (non-hydrogen) atoms. The molecule has 1 aliphatic carbocycles. The summed E-state index contributed by atoms with van der Waals surface area (Å²) in [5.41, 5.74) is 0.579. The first-order valence-corrected chi connectivity index (χ1v) is 7.28. The van der Waals surface area contributed by atoms with Gasteiger partial charge < -0.3 is 9.84 Å². The van der Waals surface area contributed by atoms with Crippen molar-refractivity contribution in [1.82, 2.24) is 0 Å². The predicted octanol–water partition coefficient (Wildman–Crippen LogP) is 3.67. The van der Waals surface area contributed by atoms with E-state index in [1.54, 1.807) is 36.4 Å². The van der Waals surface area contributed by atoms with E-state index in [1.807, 2.05) is 18.2 Å². The van der Waals surface area contributed by atoms with Crippen molar-refractivity contribution in [3.8, 4) is 5.75 Å². The smallest absolute Gasteiger partial charge is 0.343 e. The van der Waals surface area contributed by atoms with Crippen molar-refractivity contribution in [3.05, 3.63) is 65.7 Å². The number of carbonyl (C=O) groups excluding carboxylic acids is 1. The molecule has 1 aliphatic rings. The quantitative estimate of drug-likeness (QED) is 0.690. The van der Waals surface area contributed by atoms with Crippen molar-refractivity contribution >= 4 is 5.97 Å². The van der Waals surface area contributed by atoms with E-state index in [2.05, 4.69) is 0 Å². The highest BCUT2D eigenvalue weighted by Gasteiger charge is 2.33. The van der Waals surface area contributed by atoms with Gasteiger partial charge in [-0.3, -0.25) is 0 Å². The van der Waals surface area contributed by atoms with Gasteiger partial charge in [0.05, 0.1) is 11.2 Å². The minimum absolute atomic E-state index is 0.383. The first-order chi connectivity index (χ1) is 10.2. The van der Waals surface area contributed by atoms with Gasteiger partial charge in [0.2, 0.25) is 0 Å². The molecule has 1 fully saturated rings. The summed E-state index contributed by atoms with van der Waals surface area (Å²) in [6.45, 7) is 0. The SMILES string of the molecule is O=C(Oc1cccc(C2(O)CCCC2)c1)c1ccccc1. The average Bonchev–Trinajstić information content (AvgIpc) is 2.97. The summed E-state index contributed by atoms with van der Waals surface area (Å²) in [5.74, 6) is 0.0906. The van der Waals surface area contributed by atoms with Gasteiger partial charge in [0.25, 0.3) is 0 Å². The van der Waals surface area contributed by atoms with Crippen LogP contribution >= 0.6 is 0 Å². The van der Waals surface area contributed by atoms with Crippen LogP contribution in [0.2, 0.25) is 0 Å². The number of hydrogen-bond acceptors (Lipinski definition) is 3. The molecular weight excluding hydrogens is 264 g/mol. The molecule has 0 aromatic heterocycles. The fourth-order valence-electron chi connectivity index (χ4n) is 2.84. The van der Waals surface area contributed by atoms with Crippen LogP contribution in [0.4, 0.5) is 0 Å². The molecule has 1 N–H and O–H groups in total. The molecule has 0 heterocycles. The fraction of sp³-hybridized carbons (Fsp3) is 0.278. The van der Waals surface area contributed by atoms with Crippen molar-refractivity contribution in [3.63, 3.8) is 0 Å². The maximum atomic E-state index is 12.0. The molecule has 0 aliphatic heterocycles. The Bertz CT molecular complexity index is 628. The van der Waals surface area contributed by atoms with E-state index in [0.29, 0.717) is 11.3 Å². The van der Waals surface area contributed by atoms with E-state index in [0.717, 1.165) is 31.2 Å². The Hall–Kier alpha value is -2.13. The Labute approximate surface area is 124 Å². The van der Waals surface area contributed by atoms with Gasteiger partial charge in [-0.05, 0) is 42.7 Å². The average molecular weight is 282 g/mol. The lowest BCUT2D eigenvalue weighted by Crippen LogP contribution is -2.21. The zero-order valence-electron chi connectivity index (χ0n) is 11.8. The van der Waals surface area contributed by atoms with Gasteiger partial charge in [-0.15, -0.1) is 0 Å². The predicted molar refractivity (Wildman–Crippen MR) is 80.2 cm³/mol. The van der Waals surface area contributed by atoms with Crippen molar-refractivity contribution in [2.45, 2.75) is 31.3 Å². The third-order valence-corrected chi connectivity index (χ3v) is 4.02. The normalized spacial score (nSPS) is 16.6. The van der Waals surface area contributed by atoms with Crippen LogP contribution in [0.3, 0.4) is 0 Å². The van der Waals surface area contributed by atoms with Crippen molar-refractivity contribution in [1.29, 1.82) is 0 Å². The standard InChI is InChI=1S/C18H18O3/c19-17(14-7-2-1-3-8-14)21-16-10-6-9-15(13-16)18(20)11-4-5-12-18/h1-3,6-10,13,20H,4-5,11-12H2. The lowest BCUT2D eigenvalue weighted by atomic mass is 9.92. The van der Waals surface area contributed by atoms with Crippen LogP contribution in [-0.2, 0) is 5.60 Å². The molecule has 0 radical (unpaired) electrons. The summed E-state index contributed by atoms with van der Waals surface area (Å²) in [4.78, 5) is 12.0. The Morgan fingerprint density at radius 1 is 1.00 bits per heavy atom. The van der Waals surface area contributed by atoms with E-state index in [9.17, 15) is 9.90 Å². The summed E-state index contributed by atoms with van der Waals surface area (Å²) >= 11 is 0. The number of benzene rings is 2. The fourth-order valence-corrected chi connectivity index (χ4v) is 2.84. The zero-order chi connectivity index (χ0) is 14.7. The topological polar surface area (TPSA) is 46.5 Å². The van der Waals surface area contributed by atoms with Crippen LogP contribution in [-0.4, -0.2) is 11.1 Å². The monoisotopic (exact) mass is 282 g/mol. The van der Waals surface area contributed by atoms with E-state index < -0.39 is 5.60 Å². The molecule has 0 spiro atoms. The number of rotatable bonds is 3. The second-order valence-corrected chi connectivity index (χ2v) is 5.52. The van der Waals surface area contributed by atoms with E-state index in [-0.39, 0.29) is 5.97 Å². The maximum Gasteiger partial charge on any atom is 0.343 e. The molecule has 1 saturated carbocycles. The van der Waals surface area contributed by atoms with Crippen LogP contribution in [0.15, 0.2) is 54.6 Å². The van der Waals surface area contributed by atoms with Crippen molar-refractivity contribution in [2.75, 3.05) is 0 Å². The molecule has 0 bridgehead atoms. The molecule has 0 unspecified atom stereocenters. The van der Waals surface area contributed by atoms with Crippen molar-refractivity contribution in [2.24, 2.45) is 0 Å². The van der Waals surface area contributed by atoms with E-state index >= 15 is 0 Å². The number of ether oxygens (including phenoxy) is 1. The number of aliphatic hydroxyl groups is 1. The minimum atomic E-state index is -0.769. The highest BCUT2D eigenvalue weighted by molar-refractivity contribution is 5.90. The van der Waals surface area contributed by atoms with Gasteiger partial charge in [-0.2, -0.15) is 0 Å². The first kappa shape index (κ1) is 13.8. The van der Waals surface area contributed by atoms with E-state index in [1.165, 1.54) is 0 Å². The Morgan fingerprint density at radius 2 is 1.71 bits per heavy atom. The third kappa shape index (κ3) is 2.98. The van der Waals surface area contributed by atoms with Gasteiger partial charge in [0, 0.05) is 0 Å². The van der Waals surface area contributed by atoms with Crippen LogP contribution in [0, 0.1) is 0 Å². The lowest BCUT2D eigenvalue weighted by molar-refractivity contribution is 0.0439. The summed E-state index contributed by atoms with van der Waals surface area (Å²) in [7, 11) is 0. The van der Waals surface area contributed by atoms with Gasteiger partial charge in [0.15, 0.2) is 0 Å². The Balaban J connectivity index is 1.79. The second kappa shape index (κ2) is 5.70. The summed E-state index contributed by atoms with van der Waals surface area (Å²) in [5, 5.41) is 10.6. The van der Waals surface area contributed by atoms with E-state index in [4.69, 9.17) is 4.74 Å². The van der Waals surface area contributed by atoms with Crippen molar-refractivity contribution < 1.29 is 14.6 Å². The number of carbonyl (C=O) groups is 1. The Morgan fingerprint density at radius 3 is 2.43 bits per heavy atom. The molecule has 3 heteroatoms. The first-order valence-electron chi connectivity index (χ1n) is 7.28. The molecule has 0 atom stereocenters.